The number of nitriles is 1. The number of rotatable bonds is 7. The van der Waals surface area contributed by atoms with Gasteiger partial charge >= 0.3 is 0 Å². The predicted octanol–water partition coefficient (Wildman–Crippen LogP) is 4.31. The molecule has 3 nitrogen and oxygen atoms in total. The zero-order chi connectivity index (χ0) is 19.3. The van der Waals surface area contributed by atoms with E-state index in [-0.39, 0.29) is 11.6 Å². The van der Waals surface area contributed by atoms with Crippen LogP contribution < -0.4 is 0 Å². The van der Waals surface area contributed by atoms with E-state index in [1.54, 1.807) is 6.07 Å². The van der Waals surface area contributed by atoms with Gasteiger partial charge in [-0.1, -0.05) is 12.1 Å². The lowest BCUT2D eigenvalue weighted by Gasteiger charge is -2.27. The Bertz CT molecular complexity index is 802. The summed E-state index contributed by atoms with van der Waals surface area (Å²) in [5, 5.41) is 19.1. The van der Waals surface area contributed by atoms with Crippen LogP contribution in [0.25, 0.3) is 0 Å². The Labute approximate surface area is 151 Å². The van der Waals surface area contributed by atoms with Crippen molar-refractivity contribution in [3.05, 3.63) is 70.5 Å². The Hall–Kier alpha value is -2.36. The molecular formula is C20H21F3N2O. The fourth-order valence-corrected chi connectivity index (χ4v) is 2.68. The summed E-state index contributed by atoms with van der Waals surface area (Å²) >= 11 is 0. The number of hydrogen-bond donors (Lipinski definition) is 1. The highest BCUT2D eigenvalue weighted by atomic mass is 19.2. The van der Waals surface area contributed by atoms with Gasteiger partial charge in [-0.25, -0.2) is 13.2 Å². The van der Waals surface area contributed by atoms with Crippen LogP contribution in [0.5, 0.6) is 0 Å². The zero-order valence-electron chi connectivity index (χ0n) is 14.7. The van der Waals surface area contributed by atoms with Crippen molar-refractivity contribution < 1.29 is 18.3 Å². The Morgan fingerprint density at radius 1 is 1.04 bits per heavy atom. The van der Waals surface area contributed by atoms with E-state index < -0.39 is 23.6 Å². The van der Waals surface area contributed by atoms with Crippen molar-refractivity contribution in [3.63, 3.8) is 0 Å². The maximum Gasteiger partial charge on any atom is 0.159 e. The van der Waals surface area contributed by atoms with E-state index in [1.165, 1.54) is 18.2 Å². The van der Waals surface area contributed by atoms with E-state index in [0.29, 0.717) is 30.6 Å². The molecule has 0 aliphatic rings. The average Bonchev–Trinajstić information content (AvgIpc) is 2.60. The summed E-state index contributed by atoms with van der Waals surface area (Å²) < 4.78 is 40.1. The molecule has 0 spiro atoms. The van der Waals surface area contributed by atoms with Crippen molar-refractivity contribution >= 4 is 0 Å². The molecule has 1 atom stereocenters. The van der Waals surface area contributed by atoms with Gasteiger partial charge in [-0.05, 0) is 55.7 Å². The first-order valence-electron chi connectivity index (χ1n) is 8.37. The van der Waals surface area contributed by atoms with E-state index in [1.807, 2.05) is 18.7 Å². The minimum absolute atomic E-state index is 0.0666. The van der Waals surface area contributed by atoms with Gasteiger partial charge in [0.1, 0.15) is 11.9 Å². The Morgan fingerprint density at radius 2 is 1.77 bits per heavy atom. The van der Waals surface area contributed by atoms with Gasteiger partial charge in [0.05, 0.1) is 11.7 Å². The lowest BCUT2D eigenvalue weighted by atomic mass is 10.0. The third-order valence-electron chi connectivity index (χ3n) is 4.29. The lowest BCUT2D eigenvalue weighted by Crippen LogP contribution is -2.32. The Balaban J connectivity index is 2.02. The summed E-state index contributed by atoms with van der Waals surface area (Å²) in [4.78, 5) is 2.01. The molecule has 0 heterocycles. The highest BCUT2D eigenvalue weighted by Crippen LogP contribution is 2.21. The third-order valence-corrected chi connectivity index (χ3v) is 4.29. The van der Waals surface area contributed by atoms with Crippen LogP contribution in [0.1, 0.15) is 43.1 Å². The van der Waals surface area contributed by atoms with Gasteiger partial charge in [-0.3, -0.25) is 4.90 Å². The molecule has 0 aliphatic carbocycles. The van der Waals surface area contributed by atoms with Crippen LogP contribution in [0, 0.1) is 28.8 Å². The van der Waals surface area contributed by atoms with E-state index in [0.717, 1.165) is 18.2 Å². The highest BCUT2D eigenvalue weighted by Gasteiger charge is 2.16. The second kappa shape index (κ2) is 8.84. The summed E-state index contributed by atoms with van der Waals surface area (Å²) in [6.45, 7) is 4.82. The molecule has 0 saturated heterocycles. The largest absolute Gasteiger partial charge is 0.388 e. The summed E-state index contributed by atoms with van der Waals surface area (Å²) in [5.74, 6) is -2.44. The zero-order valence-corrected chi connectivity index (χ0v) is 14.7. The number of hydrogen-bond acceptors (Lipinski definition) is 3. The maximum absolute atomic E-state index is 13.7. The first kappa shape index (κ1) is 20.0. The quantitative estimate of drug-likeness (QED) is 0.798. The van der Waals surface area contributed by atoms with Gasteiger partial charge in [-0.2, -0.15) is 5.26 Å². The molecule has 0 saturated carbocycles. The molecule has 2 rings (SSSR count). The van der Waals surface area contributed by atoms with E-state index in [2.05, 4.69) is 0 Å². The van der Waals surface area contributed by atoms with Gasteiger partial charge in [-0.15, -0.1) is 0 Å². The molecule has 0 bridgehead atoms. The standard InChI is InChI=1S/C20H21F3N2O/c1-13(2)25(12-14-3-6-17(21)19(23)9-14)8-7-20(26)15-4-5-16(11-24)18(22)10-15/h3-6,9-10,13,20,26H,7-8,12H2,1-2H3. The molecule has 0 fully saturated rings. The number of aliphatic hydroxyl groups is 1. The van der Waals surface area contributed by atoms with Crippen molar-refractivity contribution in [2.75, 3.05) is 6.54 Å². The molecule has 1 N–H and O–H groups in total. The highest BCUT2D eigenvalue weighted by molar-refractivity contribution is 5.34. The van der Waals surface area contributed by atoms with Crippen molar-refractivity contribution in [3.8, 4) is 6.07 Å². The fraction of sp³-hybridized carbons (Fsp3) is 0.350. The van der Waals surface area contributed by atoms with Crippen molar-refractivity contribution in [2.24, 2.45) is 0 Å². The second-order valence-electron chi connectivity index (χ2n) is 6.47. The predicted molar refractivity (Wildman–Crippen MR) is 92.6 cm³/mol. The molecular weight excluding hydrogens is 341 g/mol. The Morgan fingerprint density at radius 3 is 2.35 bits per heavy atom. The average molecular weight is 362 g/mol. The molecule has 2 aromatic carbocycles. The molecule has 1 unspecified atom stereocenters. The van der Waals surface area contributed by atoms with E-state index >= 15 is 0 Å². The summed E-state index contributed by atoms with van der Waals surface area (Å²) in [6, 6.07) is 9.68. The molecule has 0 aromatic heterocycles. The lowest BCUT2D eigenvalue weighted by molar-refractivity contribution is 0.126. The molecule has 26 heavy (non-hydrogen) atoms. The monoisotopic (exact) mass is 362 g/mol. The molecule has 2 aromatic rings. The number of nitrogens with zero attached hydrogens (tertiary/aromatic N) is 2. The van der Waals surface area contributed by atoms with Crippen LogP contribution in [0.15, 0.2) is 36.4 Å². The minimum atomic E-state index is -0.890. The molecule has 0 radical (unpaired) electrons. The van der Waals surface area contributed by atoms with E-state index in [4.69, 9.17) is 5.26 Å². The Kier molecular flexibility index (Phi) is 6.78. The third kappa shape index (κ3) is 5.07. The normalized spacial score (nSPS) is 12.4. The van der Waals surface area contributed by atoms with Crippen LogP contribution >= 0.6 is 0 Å². The molecule has 138 valence electrons. The second-order valence-corrected chi connectivity index (χ2v) is 6.47. The van der Waals surface area contributed by atoms with Crippen LogP contribution in [0.4, 0.5) is 13.2 Å². The van der Waals surface area contributed by atoms with Crippen molar-refractivity contribution in [1.29, 1.82) is 5.26 Å². The summed E-state index contributed by atoms with van der Waals surface area (Å²) in [5.41, 5.74) is 0.970. The van der Waals surface area contributed by atoms with Gasteiger partial charge in [0.2, 0.25) is 0 Å². The van der Waals surface area contributed by atoms with Gasteiger partial charge in [0.25, 0.3) is 0 Å². The smallest absolute Gasteiger partial charge is 0.159 e. The van der Waals surface area contributed by atoms with Gasteiger partial charge in [0.15, 0.2) is 11.6 Å². The topological polar surface area (TPSA) is 47.3 Å². The van der Waals surface area contributed by atoms with Gasteiger partial charge < -0.3 is 5.11 Å². The number of benzene rings is 2. The van der Waals surface area contributed by atoms with Crippen molar-refractivity contribution in [1.82, 2.24) is 4.90 Å². The maximum atomic E-state index is 13.7. The molecule has 0 amide bonds. The van der Waals surface area contributed by atoms with Crippen LogP contribution in [0.2, 0.25) is 0 Å². The number of halogens is 3. The van der Waals surface area contributed by atoms with E-state index in [9.17, 15) is 18.3 Å². The minimum Gasteiger partial charge on any atom is -0.388 e. The molecule has 6 heteroatoms. The van der Waals surface area contributed by atoms with Crippen LogP contribution in [0.3, 0.4) is 0 Å². The van der Waals surface area contributed by atoms with Crippen molar-refractivity contribution in [2.45, 2.75) is 39.0 Å². The fourth-order valence-electron chi connectivity index (χ4n) is 2.68. The van der Waals surface area contributed by atoms with Gasteiger partial charge in [0, 0.05) is 19.1 Å². The summed E-state index contributed by atoms with van der Waals surface area (Å²) in [6.07, 6.45) is -0.545. The first-order chi connectivity index (χ1) is 12.3. The first-order valence-corrected chi connectivity index (χ1v) is 8.37. The van der Waals surface area contributed by atoms with Crippen LogP contribution in [-0.4, -0.2) is 22.6 Å². The number of aliphatic hydroxyl groups excluding tert-OH is 1. The molecule has 0 aliphatic heterocycles. The summed E-state index contributed by atoms with van der Waals surface area (Å²) in [7, 11) is 0. The van der Waals surface area contributed by atoms with Crippen LogP contribution in [-0.2, 0) is 6.54 Å². The SMILES string of the molecule is CC(C)N(CCC(O)c1ccc(C#N)c(F)c1)Cc1ccc(F)c(F)c1.